The molecule has 0 bridgehead atoms. The standard InChI is InChI=1S/C15H18N2O3/c18-14(17-12-3-1-2-7-16-15(12)19)11-4-5-13-10(9-11)6-8-20-13/h4-5,9,12H,1-3,6-8H2,(H,16,19)(H,17,18)/t12-/m1/s1. The molecule has 20 heavy (non-hydrogen) atoms. The minimum atomic E-state index is -0.422. The number of carbonyl (C=O) groups excluding carboxylic acids is 2. The average molecular weight is 274 g/mol. The lowest BCUT2D eigenvalue weighted by atomic mass is 10.1. The number of hydrogen-bond donors (Lipinski definition) is 2. The predicted octanol–water partition coefficient (Wildman–Crippen LogP) is 1.02. The van der Waals surface area contributed by atoms with E-state index in [1.54, 1.807) is 6.07 Å². The molecule has 106 valence electrons. The van der Waals surface area contributed by atoms with Gasteiger partial charge in [0.2, 0.25) is 5.91 Å². The number of ether oxygens (including phenoxy) is 1. The maximum absolute atomic E-state index is 12.2. The van der Waals surface area contributed by atoms with Crippen LogP contribution in [0.1, 0.15) is 35.2 Å². The number of nitrogens with one attached hydrogen (secondary N) is 2. The molecule has 1 fully saturated rings. The van der Waals surface area contributed by atoms with Gasteiger partial charge < -0.3 is 15.4 Å². The summed E-state index contributed by atoms with van der Waals surface area (Å²) in [5.74, 6) is 0.579. The van der Waals surface area contributed by atoms with Crippen LogP contribution < -0.4 is 15.4 Å². The van der Waals surface area contributed by atoms with Gasteiger partial charge in [-0.15, -0.1) is 0 Å². The van der Waals surface area contributed by atoms with Crippen molar-refractivity contribution in [1.29, 1.82) is 0 Å². The molecule has 0 aromatic heterocycles. The molecule has 0 saturated carbocycles. The normalized spacial score (nSPS) is 21.4. The third kappa shape index (κ3) is 2.61. The van der Waals surface area contributed by atoms with Crippen LogP contribution >= 0.6 is 0 Å². The van der Waals surface area contributed by atoms with Gasteiger partial charge in [0.15, 0.2) is 0 Å². The molecule has 0 radical (unpaired) electrons. The molecule has 2 N–H and O–H groups in total. The first kappa shape index (κ1) is 13.0. The molecule has 0 unspecified atom stereocenters. The predicted molar refractivity (Wildman–Crippen MR) is 73.8 cm³/mol. The lowest BCUT2D eigenvalue weighted by molar-refractivity contribution is -0.122. The highest BCUT2D eigenvalue weighted by Gasteiger charge is 2.23. The summed E-state index contributed by atoms with van der Waals surface area (Å²) in [6, 6.07) is 5.00. The fraction of sp³-hybridized carbons (Fsp3) is 0.467. The van der Waals surface area contributed by atoms with E-state index >= 15 is 0 Å². The summed E-state index contributed by atoms with van der Waals surface area (Å²) in [6.07, 6.45) is 3.45. The third-order valence-corrected chi connectivity index (χ3v) is 3.79. The zero-order valence-corrected chi connectivity index (χ0v) is 11.3. The van der Waals surface area contributed by atoms with Crippen molar-refractivity contribution < 1.29 is 14.3 Å². The summed E-state index contributed by atoms with van der Waals surface area (Å²) in [7, 11) is 0. The summed E-state index contributed by atoms with van der Waals surface area (Å²) in [5, 5.41) is 5.64. The van der Waals surface area contributed by atoms with E-state index in [0.29, 0.717) is 25.1 Å². The highest BCUT2D eigenvalue weighted by molar-refractivity contribution is 5.97. The van der Waals surface area contributed by atoms with Crippen molar-refractivity contribution in [3.63, 3.8) is 0 Å². The van der Waals surface area contributed by atoms with Crippen LogP contribution in [0.15, 0.2) is 18.2 Å². The molecule has 0 spiro atoms. The summed E-state index contributed by atoms with van der Waals surface area (Å²) >= 11 is 0. The van der Waals surface area contributed by atoms with Gasteiger partial charge in [-0.2, -0.15) is 0 Å². The van der Waals surface area contributed by atoms with E-state index in [-0.39, 0.29) is 11.8 Å². The molecule has 2 amide bonds. The van der Waals surface area contributed by atoms with Crippen LogP contribution in [0.4, 0.5) is 0 Å². The SMILES string of the molecule is O=C(N[C@@H]1CCCCNC1=O)c1ccc2c(c1)CCO2. The van der Waals surface area contributed by atoms with Gasteiger partial charge in [0.05, 0.1) is 6.61 Å². The minimum absolute atomic E-state index is 0.0830. The lowest BCUT2D eigenvalue weighted by Crippen LogP contribution is -2.45. The van der Waals surface area contributed by atoms with Crippen molar-refractivity contribution >= 4 is 11.8 Å². The van der Waals surface area contributed by atoms with Crippen LogP contribution in [0, 0.1) is 0 Å². The highest BCUT2D eigenvalue weighted by atomic mass is 16.5. The zero-order chi connectivity index (χ0) is 13.9. The molecular formula is C15H18N2O3. The van der Waals surface area contributed by atoms with Gasteiger partial charge in [-0.3, -0.25) is 9.59 Å². The van der Waals surface area contributed by atoms with Gasteiger partial charge in [0.25, 0.3) is 5.91 Å². The monoisotopic (exact) mass is 274 g/mol. The molecule has 0 aliphatic carbocycles. The lowest BCUT2D eigenvalue weighted by Gasteiger charge is -2.15. The molecule has 2 aliphatic heterocycles. The van der Waals surface area contributed by atoms with Crippen LogP contribution in [0.3, 0.4) is 0 Å². The Morgan fingerprint density at radius 2 is 2.25 bits per heavy atom. The van der Waals surface area contributed by atoms with Crippen molar-refractivity contribution in [2.75, 3.05) is 13.2 Å². The molecule has 1 saturated heterocycles. The van der Waals surface area contributed by atoms with Gasteiger partial charge in [0.1, 0.15) is 11.8 Å². The fourth-order valence-corrected chi connectivity index (χ4v) is 2.65. The zero-order valence-electron chi connectivity index (χ0n) is 11.3. The van der Waals surface area contributed by atoms with Crippen molar-refractivity contribution in [2.45, 2.75) is 31.7 Å². The Balaban J connectivity index is 1.71. The molecule has 1 atom stereocenters. The highest BCUT2D eigenvalue weighted by Crippen LogP contribution is 2.25. The van der Waals surface area contributed by atoms with Gasteiger partial charge in [-0.25, -0.2) is 0 Å². The largest absolute Gasteiger partial charge is 0.493 e. The van der Waals surface area contributed by atoms with Crippen LogP contribution in [0.2, 0.25) is 0 Å². The Labute approximate surface area is 117 Å². The van der Waals surface area contributed by atoms with E-state index in [1.165, 1.54) is 0 Å². The number of rotatable bonds is 2. The van der Waals surface area contributed by atoms with Crippen LogP contribution in [0.25, 0.3) is 0 Å². The fourth-order valence-electron chi connectivity index (χ4n) is 2.65. The van der Waals surface area contributed by atoms with Crippen molar-refractivity contribution in [1.82, 2.24) is 10.6 Å². The first-order valence-corrected chi connectivity index (χ1v) is 7.08. The first-order valence-electron chi connectivity index (χ1n) is 7.08. The molecule has 3 rings (SSSR count). The average Bonchev–Trinajstić information content (AvgIpc) is 2.83. The van der Waals surface area contributed by atoms with Crippen molar-refractivity contribution in [3.8, 4) is 5.75 Å². The Hall–Kier alpha value is -2.04. The van der Waals surface area contributed by atoms with E-state index in [0.717, 1.165) is 30.6 Å². The Morgan fingerprint density at radius 3 is 3.15 bits per heavy atom. The number of benzene rings is 1. The summed E-state index contributed by atoms with van der Waals surface area (Å²) in [4.78, 5) is 24.1. The minimum Gasteiger partial charge on any atom is -0.493 e. The van der Waals surface area contributed by atoms with Crippen LogP contribution in [0.5, 0.6) is 5.75 Å². The molecular weight excluding hydrogens is 256 g/mol. The second-order valence-corrected chi connectivity index (χ2v) is 5.23. The number of amides is 2. The van der Waals surface area contributed by atoms with Gasteiger partial charge in [-0.1, -0.05) is 0 Å². The van der Waals surface area contributed by atoms with E-state index in [1.807, 2.05) is 12.1 Å². The molecule has 5 nitrogen and oxygen atoms in total. The summed E-state index contributed by atoms with van der Waals surface area (Å²) in [5.41, 5.74) is 1.65. The van der Waals surface area contributed by atoms with E-state index < -0.39 is 6.04 Å². The second-order valence-electron chi connectivity index (χ2n) is 5.23. The molecule has 1 aromatic carbocycles. The third-order valence-electron chi connectivity index (χ3n) is 3.79. The second kappa shape index (κ2) is 5.53. The maximum Gasteiger partial charge on any atom is 0.251 e. The van der Waals surface area contributed by atoms with E-state index in [9.17, 15) is 9.59 Å². The van der Waals surface area contributed by atoms with Gasteiger partial charge >= 0.3 is 0 Å². The maximum atomic E-state index is 12.2. The summed E-state index contributed by atoms with van der Waals surface area (Å²) < 4.78 is 5.42. The van der Waals surface area contributed by atoms with E-state index in [4.69, 9.17) is 4.74 Å². The van der Waals surface area contributed by atoms with Crippen LogP contribution in [-0.2, 0) is 11.2 Å². The molecule has 5 heteroatoms. The van der Waals surface area contributed by atoms with Crippen molar-refractivity contribution in [3.05, 3.63) is 29.3 Å². The Kier molecular flexibility index (Phi) is 3.58. The van der Waals surface area contributed by atoms with Crippen LogP contribution in [-0.4, -0.2) is 31.0 Å². The summed E-state index contributed by atoms with van der Waals surface area (Å²) in [6.45, 7) is 1.37. The number of hydrogen-bond acceptors (Lipinski definition) is 3. The number of carbonyl (C=O) groups is 2. The first-order chi connectivity index (χ1) is 9.74. The molecule has 1 aromatic rings. The Morgan fingerprint density at radius 1 is 1.35 bits per heavy atom. The molecule has 2 heterocycles. The smallest absolute Gasteiger partial charge is 0.251 e. The molecule has 2 aliphatic rings. The topological polar surface area (TPSA) is 67.4 Å². The van der Waals surface area contributed by atoms with Gasteiger partial charge in [0, 0.05) is 18.5 Å². The quantitative estimate of drug-likeness (QED) is 0.846. The number of fused-ring (bicyclic) bond motifs is 1. The van der Waals surface area contributed by atoms with Gasteiger partial charge in [-0.05, 0) is 43.0 Å². The van der Waals surface area contributed by atoms with Crippen molar-refractivity contribution in [2.24, 2.45) is 0 Å². The Bertz CT molecular complexity index is 542. The van der Waals surface area contributed by atoms with E-state index in [2.05, 4.69) is 10.6 Å².